The van der Waals surface area contributed by atoms with Gasteiger partial charge in [-0.3, -0.25) is 0 Å². The molecular weight excluding hydrogens is 370 g/mol. The number of rotatable bonds is 2. The first kappa shape index (κ1) is 14.6. The van der Waals surface area contributed by atoms with Crippen LogP contribution in [0.1, 0.15) is 0 Å². The summed E-state index contributed by atoms with van der Waals surface area (Å²) in [5.74, 6) is 0. The van der Waals surface area contributed by atoms with Gasteiger partial charge in [-0.1, -0.05) is 66.2 Å². The Hall–Kier alpha value is -2.03. The van der Waals surface area contributed by atoms with E-state index in [4.69, 9.17) is 11.6 Å². The van der Waals surface area contributed by atoms with Crippen LogP contribution in [0.15, 0.2) is 83.5 Å². The lowest BCUT2D eigenvalue weighted by Gasteiger charge is -2.09. The molecule has 0 atom stereocenters. The van der Waals surface area contributed by atoms with Crippen molar-refractivity contribution < 1.29 is 0 Å². The maximum absolute atomic E-state index is 6.28. The van der Waals surface area contributed by atoms with Crippen molar-refractivity contribution in [2.45, 2.75) is 0 Å². The Labute approximate surface area is 148 Å². The van der Waals surface area contributed by atoms with Crippen molar-refractivity contribution >= 4 is 38.4 Å². The zero-order chi connectivity index (χ0) is 15.8. The summed E-state index contributed by atoms with van der Waals surface area (Å²) in [5.41, 5.74) is 4.62. The molecular formula is C20H13BrClN. The summed E-state index contributed by atoms with van der Waals surface area (Å²) in [6, 6.07) is 24.8. The molecule has 0 bridgehead atoms. The van der Waals surface area contributed by atoms with E-state index in [0.717, 1.165) is 15.7 Å². The second-order valence-electron chi connectivity index (χ2n) is 5.37. The lowest BCUT2D eigenvalue weighted by atomic mass is 10.1. The Morgan fingerprint density at radius 2 is 1.52 bits per heavy atom. The van der Waals surface area contributed by atoms with Crippen LogP contribution in [0.25, 0.3) is 27.7 Å². The van der Waals surface area contributed by atoms with E-state index in [9.17, 15) is 0 Å². The number of benzene rings is 3. The Morgan fingerprint density at radius 3 is 2.35 bits per heavy atom. The van der Waals surface area contributed by atoms with Gasteiger partial charge in [0.25, 0.3) is 0 Å². The van der Waals surface area contributed by atoms with E-state index in [1.807, 2.05) is 18.2 Å². The highest BCUT2D eigenvalue weighted by atomic mass is 79.9. The fourth-order valence-corrected chi connectivity index (χ4v) is 3.53. The molecule has 3 aromatic carbocycles. The fraction of sp³-hybridized carbons (Fsp3) is 0. The van der Waals surface area contributed by atoms with E-state index in [1.165, 1.54) is 16.5 Å². The number of fused-ring (bicyclic) bond motifs is 1. The molecule has 0 radical (unpaired) electrons. The second kappa shape index (κ2) is 5.88. The molecule has 0 aliphatic heterocycles. The molecule has 0 saturated carbocycles. The van der Waals surface area contributed by atoms with E-state index >= 15 is 0 Å². The molecule has 0 aliphatic carbocycles. The molecule has 0 spiro atoms. The maximum atomic E-state index is 6.28. The first-order chi connectivity index (χ1) is 11.3. The summed E-state index contributed by atoms with van der Waals surface area (Å²) < 4.78 is 3.09. The number of nitrogens with zero attached hydrogens (tertiary/aromatic N) is 1. The third-order valence-electron chi connectivity index (χ3n) is 3.99. The van der Waals surface area contributed by atoms with Gasteiger partial charge >= 0.3 is 0 Å². The molecule has 3 heteroatoms. The van der Waals surface area contributed by atoms with Gasteiger partial charge in [-0.25, -0.2) is 0 Å². The van der Waals surface area contributed by atoms with Crippen molar-refractivity contribution in [2.24, 2.45) is 0 Å². The second-order valence-corrected chi connectivity index (χ2v) is 6.57. The summed E-state index contributed by atoms with van der Waals surface area (Å²) in [5, 5.41) is 1.94. The summed E-state index contributed by atoms with van der Waals surface area (Å²) in [6.07, 6.45) is 2.18. The number of halogens is 2. The highest BCUT2D eigenvalue weighted by Crippen LogP contribution is 2.36. The first-order valence-corrected chi connectivity index (χ1v) is 8.53. The highest BCUT2D eigenvalue weighted by molar-refractivity contribution is 9.10. The lowest BCUT2D eigenvalue weighted by molar-refractivity contribution is 1.12. The minimum atomic E-state index is 0.710. The van der Waals surface area contributed by atoms with Gasteiger partial charge in [-0.05, 0) is 39.7 Å². The Morgan fingerprint density at radius 1 is 0.783 bits per heavy atom. The van der Waals surface area contributed by atoms with Crippen molar-refractivity contribution in [1.82, 2.24) is 4.57 Å². The maximum Gasteiger partial charge on any atom is 0.0613 e. The van der Waals surface area contributed by atoms with Crippen LogP contribution in [-0.4, -0.2) is 4.57 Å². The molecule has 1 aromatic heterocycles. The number of hydrogen-bond donors (Lipinski definition) is 0. The largest absolute Gasteiger partial charge is 0.315 e. The van der Waals surface area contributed by atoms with Crippen LogP contribution in [0.4, 0.5) is 0 Å². The Kier molecular flexibility index (Phi) is 3.72. The van der Waals surface area contributed by atoms with Crippen LogP contribution < -0.4 is 0 Å². The highest BCUT2D eigenvalue weighted by Gasteiger charge is 2.13. The van der Waals surface area contributed by atoms with E-state index in [-0.39, 0.29) is 0 Å². The third-order valence-corrected chi connectivity index (χ3v) is 5.36. The van der Waals surface area contributed by atoms with Gasteiger partial charge in [0.2, 0.25) is 0 Å². The fourth-order valence-electron chi connectivity index (χ4n) is 2.91. The van der Waals surface area contributed by atoms with Gasteiger partial charge in [0.05, 0.1) is 20.7 Å². The van der Waals surface area contributed by atoms with Crippen molar-refractivity contribution in [1.29, 1.82) is 0 Å². The zero-order valence-electron chi connectivity index (χ0n) is 12.2. The summed E-state index contributed by atoms with van der Waals surface area (Å²) in [4.78, 5) is 0. The molecule has 0 fully saturated rings. The minimum absolute atomic E-state index is 0.710. The van der Waals surface area contributed by atoms with Crippen LogP contribution in [0.5, 0.6) is 0 Å². The summed E-state index contributed by atoms with van der Waals surface area (Å²) >= 11 is 9.89. The third kappa shape index (κ3) is 2.48. The van der Waals surface area contributed by atoms with E-state index in [2.05, 4.69) is 81.3 Å². The minimum Gasteiger partial charge on any atom is -0.315 e. The predicted molar refractivity (Wildman–Crippen MR) is 101 cm³/mol. The molecule has 1 heterocycles. The molecule has 1 nitrogen and oxygen atoms in total. The van der Waals surface area contributed by atoms with Crippen molar-refractivity contribution in [2.75, 3.05) is 0 Å². The molecule has 4 aromatic rings. The van der Waals surface area contributed by atoms with E-state index < -0.39 is 0 Å². The summed E-state index contributed by atoms with van der Waals surface area (Å²) in [7, 11) is 0. The van der Waals surface area contributed by atoms with Crippen LogP contribution in [0.2, 0.25) is 5.02 Å². The molecule has 112 valence electrons. The quantitative estimate of drug-likeness (QED) is 0.363. The van der Waals surface area contributed by atoms with E-state index in [0.29, 0.717) is 5.02 Å². The van der Waals surface area contributed by atoms with Crippen molar-refractivity contribution in [3.05, 3.63) is 88.5 Å². The van der Waals surface area contributed by atoms with Crippen LogP contribution >= 0.6 is 27.5 Å². The molecule has 0 unspecified atom stereocenters. The molecule has 0 N–H and O–H groups in total. The molecule has 0 aliphatic rings. The standard InChI is InChI=1S/C20H13BrClN/c21-20-17(22)10-6-12-19(20)23-13-16(14-7-2-1-3-8-14)15-9-4-5-11-18(15)23/h1-13H. The van der Waals surface area contributed by atoms with Gasteiger partial charge in [-0.2, -0.15) is 0 Å². The van der Waals surface area contributed by atoms with Crippen LogP contribution in [0.3, 0.4) is 0 Å². The normalized spacial score (nSPS) is 11.0. The molecule has 4 rings (SSSR count). The molecule has 0 saturated heterocycles. The number of para-hydroxylation sites is 1. The van der Waals surface area contributed by atoms with E-state index in [1.54, 1.807) is 0 Å². The Bertz CT molecular complexity index is 989. The van der Waals surface area contributed by atoms with Gasteiger partial charge in [0.1, 0.15) is 0 Å². The Balaban J connectivity index is 2.04. The SMILES string of the molecule is Clc1cccc(-n2cc(-c3ccccc3)c3ccccc32)c1Br. The van der Waals surface area contributed by atoms with Gasteiger partial charge < -0.3 is 4.57 Å². The van der Waals surface area contributed by atoms with Crippen molar-refractivity contribution in [3.63, 3.8) is 0 Å². The van der Waals surface area contributed by atoms with Crippen LogP contribution in [0, 0.1) is 0 Å². The predicted octanol–water partition coefficient (Wildman–Crippen LogP) is 6.71. The smallest absolute Gasteiger partial charge is 0.0613 e. The first-order valence-electron chi connectivity index (χ1n) is 7.35. The lowest BCUT2D eigenvalue weighted by Crippen LogP contribution is -1.93. The number of hydrogen-bond acceptors (Lipinski definition) is 0. The molecule has 0 amide bonds. The van der Waals surface area contributed by atoms with Crippen LogP contribution in [-0.2, 0) is 0 Å². The van der Waals surface area contributed by atoms with Gasteiger partial charge in [0, 0.05) is 17.1 Å². The topological polar surface area (TPSA) is 4.93 Å². The number of aromatic nitrogens is 1. The zero-order valence-corrected chi connectivity index (χ0v) is 14.6. The average molecular weight is 383 g/mol. The van der Waals surface area contributed by atoms with Gasteiger partial charge in [-0.15, -0.1) is 0 Å². The molecule has 23 heavy (non-hydrogen) atoms. The van der Waals surface area contributed by atoms with Gasteiger partial charge in [0.15, 0.2) is 0 Å². The average Bonchev–Trinajstić information content (AvgIpc) is 2.98. The summed E-state index contributed by atoms with van der Waals surface area (Å²) in [6.45, 7) is 0. The van der Waals surface area contributed by atoms with Crippen molar-refractivity contribution in [3.8, 4) is 16.8 Å². The monoisotopic (exact) mass is 381 g/mol.